The second-order valence-corrected chi connectivity index (χ2v) is 4.56. The van der Waals surface area contributed by atoms with Crippen LogP contribution in [-0.4, -0.2) is 24.2 Å². The van der Waals surface area contributed by atoms with Crippen LogP contribution in [0.3, 0.4) is 0 Å². The fourth-order valence-corrected chi connectivity index (χ4v) is 1.82. The molecule has 0 unspecified atom stereocenters. The Bertz CT molecular complexity index is 417. The van der Waals surface area contributed by atoms with Crippen molar-refractivity contribution in [1.29, 1.82) is 0 Å². The molecule has 0 atom stereocenters. The van der Waals surface area contributed by atoms with Crippen molar-refractivity contribution in [2.45, 2.75) is 33.1 Å². The third kappa shape index (κ3) is 4.04. The van der Waals surface area contributed by atoms with Crippen molar-refractivity contribution in [2.75, 3.05) is 18.9 Å². The maximum atomic E-state index is 11.9. The maximum Gasteiger partial charge on any atom is 0.251 e. The number of nitrogen functional groups attached to an aromatic ring is 1. The highest BCUT2D eigenvalue weighted by molar-refractivity contribution is 5.96. The van der Waals surface area contributed by atoms with Crippen LogP contribution >= 0.6 is 0 Å². The van der Waals surface area contributed by atoms with Crippen molar-refractivity contribution in [1.82, 2.24) is 5.32 Å². The first-order chi connectivity index (χ1) is 8.56. The van der Waals surface area contributed by atoms with Crippen molar-refractivity contribution in [3.63, 3.8) is 0 Å². The molecule has 0 bridgehead atoms. The van der Waals surface area contributed by atoms with Crippen LogP contribution < -0.4 is 11.1 Å². The molecule has 4 nitrogen and oxygen atoms in total. The molecule has 4 N–H and O–H groups in total. The van der Waals surface area contributed by atoms with Gasteiger partial charge >= 0.3 is 0 Å². The van der Waals surface area contributed by atoms with E-state index in [0.29, 0.717) is 17.8 Å². The number of amides is 1. The molecule has 0 spiro atoms. The standard InChI is InChI=1S/C14H22N2O2/c1-10-8-11(2)13(15)9-12(10)14(18)16-6-4-3-5-7-17/h8-9,17H,3-7,15H2,1-2H3,(H,16,18). The van der Waals surface area contributed by atoms with Gasteiger partial charge in [-0.1, -0.05) is 6.07 Å². The van der Waals surface area contributed by atoms with Gasteiger partial charge in [0.05, 0.1) is 0 Å². The summed E-state index contributed by atoms with van der Waals surface area (Å²) >= 11 is 0. The highest BCUT2D eigenvalue weighted by atomic mass is 16.2. The Hall–Kier alpha value is -1.55. The van der Waals surface area contributed by atoms with Crippen LogP contribution in [0.2, 0.25) is 0 Å². The number of aryl methyl sites for hydroxylation is 2. The lowest BCUT2D eigenvalue weighted by molar-refractivity contribution is 0.0952. The van der Waals surface area contributed by atoms with E-state index in [2.05, 4.69) is 5.32 Å². The Kier molecular flexibility index (Phi) is 5.65. The topological polar surface area (TPSA) is 75.3 Å². The summed E-state index contributed by atoms with van der Waals surface area (Å²) in [5.41, 5.74) is 9.03. The van der Waals surface area contributed by atoms with Gasteiger partial charge in [0.15, 0.2) is 0 Å². The van der Waals surface area contributed by atoms with Crippen molar-refractivity contribution < 1.29 is 9.90 Å². The molecule has 1 rings (SSSR count). The normalized spacial score (nSPS) is 10.4. The van der Waals surface area contributed by atoms with Crippen molar-refractivity contribution in [3.05, 3.63) is 28.8 Å². The van der Waals surface area contributed by atoms with E-state index in [-0.39, 0.29) is 12.5 Å². The molecule has 1 aromatic rings. The fraction of sp³-hybridized carbons (Fsp3) is 0.500. The molecule has 0 fully saturated rings. The van der Waals surface area contributed by atoms with Crippen LogP contribution in [0.1, 0.15) is 40.7 Å². The van der Waals surface area contributed by atoms with Crippen LogP contribution in [0, 0.1) is 13.8 Å². The van der Waals surface area contributed by atoms with Gasteiger partial charge in [-0.3, -0.25) is 4.79 Å². The zero-order valence-electron chi connectivity index (χ0n) is 11.1. The largest absolute Gasteiger partial charge is 0.398 e. The first-order valence-electron chi connectivity index (χ1n) is 6.32. The Morgan fingerprint density at radius 1 is 1.22 bits per heavy atom. The summed E-state index contributed by atoms with van der Waals surface area (Å²) in [7, 11) is 0. The molecule has 0 aliphatic heterocycles. The second-order valence-electron chi connectivity index (χ2n) is 4.56. The lowest BCUT2D eigenvalue weighted by atomic mass is 10.0. The molecule has 1 amide bonds. The Labute approximate surface area is 108 Å². The van der Waals surface area contributed by atoms with Crippen molar-refractivity contribution in [2.24, 2.45) is 0 Å². The number of carbonyl (C=O) groups is 1. The van der Waals surface area contributed by atoms with Gasteiger partial charge in [-0.2, -0.15) is 0 Å². The van der Waals surface area contributed by atoms with Gasteiger partial charge in [0.1, 0.15) is 0 Å². The van der Waals surface area contributed by atoms with E-state index in [0.717, 1.165) is 30.4 Å². The number of hydrogen-bond acceptors (Lipinski definition) is 3. The summed E-state index contributed by atoms with van der Waals surface area (Å²) in [6, 6.07) is 3.66. The highest BCUT2D eigenvalue weighted by Gasteiger charge is 2.10. The molecule has 0 aromatic heterocycles. The Morgan fingerprint density at radius 2 is 1.94 bits per heavy atom. The maximum absolute atomic E-state index is 11.9. The van der Waals surface area contributed by atoms with Gasteiger partial charge in [0.25, 0.3) is 5.91 Å². The summed E-state index contributed by atoms with van der Waals surface area (Å²) in [6.07, 6.45) is 2.59. The lowest BCUT2D eigenvalue weighted by Crippen LogP contribution is -2.25. The number of aliphatic hydroxyl groups is 1. The van der Waals surface area contributed by atoms with Gasteiger partial charge in [0.2, 0.25) is 0 Å². The van der Waals surface area contributed by atoms with Crippen LogP contribution in [0.4, 0.5) is 5.69 Å². The molecule has 18 heavy (non-hydrogen) atoms. The summed E-state index contributed by atoms with van der Waals surface area (Å²) in [4.78, 5) is 11.9. The first-order valence-corrected chi connectivity index (χ1v) is 6.32. The minimum absolute atomic E-state index is 0.0804. The van der Waals surface area contributed by atoms with Gasteiger partial charge in [-0.05, 0) is 50.3 Å². The zero-order valence-corrected chi connectivity index (χ0v) is 11.1. The molecule has 100 valence electrons. The van der Waals surface area contributed by atoms with E-state index in [1.165, 1.54) is 0 Å². The number of nitrogens with two attached hydrogens (primary N) is 1. The highest BCUT2D eigenvalue weighted by Crippen LogP contribution is 2.17. The predicted molar refractivity (Wildman–Crippen MR) is 73.6 cm³/mol. The molecule has 0 heterocycles. The number of anilines is 1. The third-order valence-corrected chi connectivity index (χ3v) is 2.98. The average molecular weight is 250 g/mol. The van der Waals surface area contributed by atoms with Gasteiger partial charge < -0.3 is 16.2 Å². The van der Waals surface area contributed by atoms with Crippen LogP contribution in [-0.2, 0) is 0 Å². The van der Waals surface area contributed by atoms with Crippen LogP contribution in [0.5, 0.6) is 0 Å². The SMILES string of the molecule is Cc1cc(C)c(C(=O)NCCCCCO)cc1N. The molecule has 0 saturated heterocycles. The molecule has 1 aromatic carbocycles. The van der Waals surface area contributed by atoms with Gasteiger partial charge in [0, 0.05) is 24.4 Å². The third-order valence-electron chi connectivity index (χ3n) is 2.98. The van der Waals surface area contributed by atoms with Crippen molar-refractivity contribution in [3.8, 4) is 0 Å². The lowest BCUT2D eigenvalue weighted by Gasteiger charge is -2.10. The van der Waals surface area contributed by atoms with Gasteiger partial charge in [-0.15, -0.1) is 0 Å². The van der Waals surface area contributed by atoms with E-state index in [1.54, 1.807) is 6.07 Å². The summed E-state index contributed by atoms with van der Waals surface area (Å²) < 4.78 is 0. The van der Waals surface area contributed by atoms with E-state index < -0.39 is 0 Å². The minimum Gasteiger partial charge on any atom is -0.398 e. The second kappa shape index (κ2) is 7.01. The number of carbonyl (C=O) groups excluding carboxylic acids is 1. The summed E-state index contributed by atoms with van der Waals surface area (Å²) in [5.74, 6) is -0.0804. The minimum atomic E-state index is -0.0804. The zero-order chi connectivity index (χ0) is 13.5. The number of rotatable bonds is 6. The molecule has 0 radical (unpaired) electrons. The monoisotopic (exact) mass is 250 g/mol. The fourth-order valence-electron chi connectivity index (χ4n) is 1.82. The molecular formula is C14H22N2O2. The Morgan fingerprint density at radius 3 is 2.61 bits per heavy atom. The molecule has 4 heteroatoms. The molecule has 0 aliphatic carbocycles. The quantitative estimate of drug-likeness (QED) is 0.532. The summed E-state index contributed by atoms with van der Waals surface area (Å²) in [5, 5.41) is 11.5. The van der Waals surface area contributed by atoms with E-state index >= 15 is 0 Å². The smallest absolute Gasteiger partial charge is 0.251 e. The number of benzene rings is 1. The first kappa shape index (κ1) is 14.5. The molecule has 0 aliphatic rings. The van der Waals surface area contributed by atoms with E-state index in [4.69, 9.17) is 10.8 Å². The number of hydrogen-bond donors (Lipinski definition) is 3. The Balaban J connectivity index is 2.54. The predicted octanol–water partition coefficient (Wildman–Crippen LogP) is 1.78. The molecule has 0 saturated carbocycles. The van der Waals surface area contributed by atoms with Crippen LogP contribution in [0.25, 0.3) is 0 Å². The number of aliphatic hydroxyl groups excluding tert-OH is 1. The van der Waals surface area contributed by atoms with Gasteiger partial charge in [-0.25, -0.2) is 0 Å². The van der Waals surface area contributed by atoms with Crippen molar-refractivity contribution >= 4 is 11.6 Å². The summed E-state index contributed by atoms with van der Waals surface area (Å²) in [6.45, 7) is 4.68. The number of nitrogens with one attached hydrogen (secondary N) is 1. The van der Waals surface area contributed by atoms with Crippen LogP contribution in [0.15, 0.2) is 12.1 Å². The molecular weight excluding hydrogens is 228 g/mol. The number of unbranched alkanes of at least 4 members (excludes halogenated alkanes) is 2. The van der Waals surface area contributed by atoms with E-state index in [9.17, 15) is 4.79 Å². The average Bonchev–Trinajstić information content (AvgIpc) is 2.33. The van der Waals surface area contributed by atoms with E-state index in [1.807, 2.05) is 19.9 Å².